The van der Waals surface area contributed by atoms with Crippen molar-refractivity contribution in [3.8, 4) is 0 Å². The molecule has 7 heteroatoms. The van der Waals surface area contributed by atoms with Gasteiger partial charge >= 0.3 is 0 Å². The Hall–Kier alpha value is -2.38. The van der Waals surface area contributed by atoms with Crippen molar-refractivity contribution in [2.75, 3.05) is 45.3 Å². The molecule has 27 heavy (non-hydrogen) atoms. The normalized spacial score (nSPS) is 17.3. The molecular formula is C20H26N4O3. The third-order valence-corrected chi connectivity index (χ3v) is 5.20. The average Bonchev–Trinajstić information content (AvgIpc) is 2.70. The third kappa shape index (κ3) is 3.44. The molecule has 0 saturated carbocycles. The lowest BCUT2D eigenvalue weighted by molar-refractivity contribution is 0.0397. The van der Waals surface area contributed by atoms with E-state index in [1.54, 1.807) is 11.7 Å². The van der Waals surface area contributed by atoms with E-state index in [1.807, 2.05) is 17.3 Å². The van der Waals surface area contributed by atoms with Crippen molar-refractivity contribution in [3.05, 3.63) is 39.2 Å². The lowest BCUT2D eigenvalue weighted by atomic mass is 9.97. The highest BCUT2D eigenvalue weighted by atomic mass is 16.5. The number of nitrogens with one attached hydrogen (secondary N) is 1. The van der Waals surface area contributed by atoms with Gasteiger partial charge in [0, 0.05) is 24.6 Å². The van der Waals surface area contributed by atoms with Crippen LogP contribution < -0.4 is 10.9 Å². The van der Waals surface area contributed by atoms with Gasteiger partial charge in [-0.15, -0.1) is 0 Å². The third-order valence-electron chi connectivity index (χ3n) is 5.20. The number of benzene rings is 1. The summed E-state index contributed by atoms with van der Waals surface area (Å²) in [4.78, 5) is 13.0. The summed E-state index contributed by atoms with van der Waals surface area (Å²) in [6.07, 6.45) is 3.65. The second-order valence-corrected chi connectivity index (χ2v) is 7.08. The predicted octanol–water partition coefficient (Wildman–Crippen LogP) is 1.94. The number of ether oxygens (including phenoxy) is 2. The Morgan fingerprint density at radius 2 is 2.15 bits per heavy atom. The van der Waals surface area contributed by atoms with Gasteiger partial charge in [0.15, 0.2) is 0 Å². The topological polar surface area (TPSA) is 68.1 Å². The van der Waals surface area contributed by atoms with Crippen molar-refractivity contribution in [3.63, 3.8) is 0 Å². The standard InChI is InChI=1S/C20H26N4O3/c1-14-10-15(12-22-23-6-8-27-9-7-23)11-17-18(14)19-16(4-3-5-21-19)20(25)24(17)13-26-2/h10-12,21H,3-9,13H2,1-2H3/b22-12-. The molecule has 0 radical (unpaired) electrons. The number of anilines is 1. The molecule has 2 aromatic rings. The molecular weight excluding hydrogens is 344 g/mol. The van der Waals surface area contributed by atoms with Crippen LogP contribution in [-0.4, -0.2) is 55.7 Å². The lowest BCUT2D eigenvalue weighted by Crippen LogP contribution is -2.32. The van der Waals surface area contributed by atoms with E-state index < -0.39 is 0 Å². The molecule has 3 heterocycles. The van der Waals surface area contributed by atoms with Gasteiger partial charge in [-0.1, -0.05) is 0 Å². The van der Waals surface area contributed by atoms with E-state index in [0.29, 0.717) is 13.2 Å². The summed E-state index contributed by atoms with van der Waals surface area (Å²) in [6, 6.07) is 4.16. The quantitative estimate of drug-likeness (QED) is 0.833. The predicted molar refractivity (Wildman–Crippen MR) is 107 cm³/mol. The number of nitrogens with zero attached hydrogens (tertiary/aromatic N) is 3. The Kier molecular flexibility index (Phi) is 5.13. The van der Waals surface area contributed by atoms with Gasteiger partial charge in [-0.3, -0.25) is 14.4 Å². The van der Waals surface area contributed by atoms with Gasteiger partial charge in [-0.05, 0) is 43.0 Å². The van der Waals surface area contributed by atoms with Gasteiger partial charge in [0.05, 0.1) is 43.7 Å². The number of hydrazone groups is 1. The van der Waals surface area contributed by atoms with Crippen LogP contribution in [0.4, 0.5) is 5.69 Å². The average molecular weight is 370 g/mol. The van der Waals surface area contributed by atoms with E-state index >= 15 is 0 Å². The van der Waals surface area contributed by atoms with Crippen LogP contribution in [0.2, 0.25) is 0 Å². The van der Waals surface area contributed by atoms with E-state index in [1.165, 1.54) is 0 Å². The Morgan fingerprint density at radius 1 is 1.33 bits per heavy atom. The Morgan fingerprint density at radius 3 is 2.93 bits per heavy atom. The largest absolute Gasteiger partial charge is 0.384 e. The molecule has 0 aliphatic carbocycles. The summed E-state index contributed by atoms with van der Waals surface area (Å²) in [7, 11) is 1.62. The van der Waals surface area contributed by atoms with Crippen LogP contribution in [0.3, 0.4) is 0 Å². The van der Waals surface area contributed by atoms with Gasteiger partial charge in [-0.2, -0.15) is 5.10 Å². The Bertz CT molecular complexity index is 929. The van der Waals surface area contributed by atoms with Crippen LogP contribution in [0, 0.1) is 6.92 Å². The molecule has 1 saturated heterocycles. The minimum atomic E-state index is 0.0354. The summed E-state index contributed by atoms with van der Waals surface area (Å²) in [5.74, 6) is 0. The number of hydrogen-bond donors (Lipinski definition) is 1. The molecule has 144 valence electrons. The highest BCUT2D eigenvalue weighted by Gasteiger charge is 2.21. The molecule has 1 aromatic carbocycles. The maximum Gasteiger partial charge on any atom is 0.258 e. The van der Waals surface area contributed by atoms with E-state index in [0.717, 1.165) is 65.8 Å². The summed E-state index contributed by atoms with van der Waals surface area (Å²) >= 11 is 0. The fourth-order valence-corrected chi connectivity index (χ4v) is 3.92. The van der Waals surface area contributed by atoms with Gasteiger partial charge in [-0.25, -0.2) is 0 Å². The number of aromatic nitrogens is 1. The van der Waals surface area contributed by atoms with Crippen LogP contribution in [0.25, 0.3) is 10.9 Å². The fraction of sp³-hybridized carbons (Fsp3) is 0.500. The van der Waals surface area contributed by atoms with Crippen molar-refractivity contribution in [2.24, 2.45) is 5.10 Å². The molecule has 4 rings (SSSR count). The summed E-state index contributed by atoms with van der Waals surface area (Å²) < 4.78 is 12.4. The minimum absolute atomic E-state index is 0.0354. The second kappa shape index (κ2) is 7.70. The molecule has 1 aromatic heterocycles. The highest BCUT2D eigenvalue weighted by Crippen LogP contribution is 2.32. The first-order valence-corrected chi connectivity index (χ1v) is 9.48. The van der Waals surface area contributed by atoms with E-state index in [9.17, 15) is 4.79 Å². The molecule has 7 nitrogen and oxygen atoms in total. The first-order valence-electron chi connectivity index (χ1n) is 9.48. The summed E-state index contributed by atoms with van der Waals surface area (Å²) in [5.41, 5.74) is 4.89. The highest BCUT2D eigenvalue weighted by molar-refractivity contribution is 5.99. The minimum Gasteiger partial charge on any atom is -0.384 e. The van der Waals surface area contributed by atoms with E-state index in [4.69, 9.17) is 9.47 Å². The molecule has 0 amide bonds. The number of fused-ring (bicyclic) bond motifs is 3. The molecule has 2 aliphatic rings. The molecule has 0 atom stereocenters. The van der Waals surface area contributed by atoms with Gasteiger partial charge in [0.1, 0.15) is 6.73 Å². The number of hydrogen-bond acceptors (Lipinski definition) is 6. The number of aryl methyl sites for hydroxylation is 1. The zero-order chi connectivity index (χ0) is 18.8. The van der Waals surface area contributed by atoms with Gasteiger partial charge < -0.3 is 14.8 Å². The number of rotatable bonds is 4. The first-order chi connectivity index (χ1) is 13.2. The second-order valence-electron chi connectivity index (χ2n) is 7.08. The first kappa shape index (κ1) is 18.0. The molecule has 0 spiro atoms. The smallest absolute Gasteiger partial charge is 0.258 e. The Labute approximate surface area is 158 Å². The monoisotopic (exact) mass is 370 g/mol. The molecule has 1 fully saturated rings. The van der Waals surface area contributed by atoms with Crippen LogP contribution in [-0.2, 0) is 22.6 Å². The van der Waals surface area contributed by atoms with Gasteiger partial charge in [0.25, 0.3) is 5.56 Å². The van der Waals surface area contributed by atoms with Crippen molar-refractivity contribution >= 4 is 22.8 Å². The van der Waals surface area contributed by atoms with Crippen molar-refractivity contribution in [1.29, 1.82) is 0 Å². The molecule has 2 aliphatic heterocycles. The SMILES string of the molecule is COCn1c(=O)c2c(c3c(C)cc(/C=N\N4CCOCC4)cc31)NCCC2. The zero-order valence-electron chi connectivity index (χ0n) is 16.0. The molecule has 0 bridgehead atoms. The van der Waals surface area contributed by atoms with Crippen LogP contribution >= 0.6 is 0 Å². The van der Waals surface area contributed by atoms with Crippen molar-refractivity contribution in [1.82, 2.24) is 9.58 Å². The van der Waals surface area contributed by atoms with Crippen LogP contribution in [0.5, 0.6) is 0 Å². The summed E-state index contributed by atoms with van der Waals surface area (Å²) in [5, 5.41) is 11.1. The van der Waals surface area contributed by atoms with Crippen LogP contribution in [0.15, 0.2) is 22.0 Å². The number of morpholine rings is 1. The fourth-order valence-electron chi connectivity index (χ4n) is 3.92. The van der Waals surface area contributed by atoms with Gasteiger partial charge in [0.2, 0.25) is 0 Å². The van der Waals surface area contributed by atoms with E-state index in [-0.39, 0.29) is 12.3 Å². The summed E-state index contributed by atoms with van der Waals surface area (Å²) in [6.45, 7) is 6.25. The molecule has 1 N–H and O–H groups in total. The maximum atomic E-state index is 13.0. The number of pyridine rings is 1. The van der Waals surface area contributed by atoms with Crippen LogP contribution in [0.1, 0.15) is 23.1 Å². The zero-order valence-corrected chi connectivity index (χ0v) is 16.0. The molecule has 0 unspecified atom stereocenters. The van der Waals surface area contributed by atoms with Crippen molar-refractivity contribution < 1.29 is 9.47 Å². The number of methoxy groups -OCH3 is 1. The van der Waals surface area contributed by atoms with E-state index in [2.05, 4.69) is 23.4 Å². The van der Waals surface area contributed by atoms with Crippen molar-refractivity contribution in [2.45, 2.75) is 26.5 Å². The maximum absolute atomic E-state index is 13.0. The lowest BCUT2D eigenvalue weighted by Gasteiger charge is -2.24. The Balaban J connectivity index is 1.83.